The first-order valence-corrected chi connectivity index (χ1v) is 8.60. The second kappa shape index (κ2) is 9.05. The number of methoxy groups -OCH3 is 1. The van der Waals surface area contributed by atoms with E-state index in [2.05, 4.69) is 11.1 Å². The Balaban J connectivity index is 2.11. The average molecular weight is 373 g/mol. The lowest BCUT2D eigenvalue weighted by Crippen LogP contribution is -2.70. The van der Waals surface area contributed by atoms with Crippen LogP contribution in [0.15, 0.2) is 48.5 Å². The molecule has 0 aliphatic rings. The number of ether oxygens (including phenoxy) is 1. The van der Waals surface area contributed by atoms with Crippen LogP contribution in [0.4, 0.5) is 0 Å². The van der Waals surface area contributed by atoms with Gasteiger partial charge in [0.15, 0.2) is 17.5 Å². The zero-order chi connectivity index (χ0) is 20.0. The molecule has 0 aliphatic heterocycles. The lowest BCUT2D eigenvalue weighted by molar-refractivity contribution is -0.408. The highest BCUT2D eigenvalue weighted by molar-refractivity contribution is 5.87. The fourth-order valence-electron chi connectivity index (χ4n) is 2.76. The van der Waals surface area contributed by atoms with Crippen LogP contribution in [0.5, 0.6) is 11.5 Å². The number of quaternary nitrogens is 1. The van der Waals surface area contributed by atoms with Gasteiger partial charge in [-0.05, 0) is 23.3 Å². The highest BCUT2D eigenvalue weighted by Gasteiger charge is 2.30. The molecule has 6 N–H and O–H groups in total. The van der Waals surface area contributed by atoms with Crippen LogP contribution >= 0.6 is 0 Å². The molecule has 3 atom stereocenters. The molecule has 7 nitrogen and oxygen atoms in total. The van der Waals surface area contributed by atoms with Gasteiger partial charge in [0.1, 0.15) is 6.04 Å². The van der Waals surface area contributed by atoms with Crippen LogP contribution < -0.4 is 11.1 Å². The number of aromatic hydroxyl groups is 2. The predicted octanol–water partition coefficient (Wildman–Crippen LogP) is 0.712. The summed E-state index contributed by atoms with van der Waals surface area (Å²) in [6, 6.07) is 12.2. The van der Waals surface area contributed by atoms with Crippen LogP contribution in [0.2, 0.25) is 0 Å². The maximum atomic E-state index is 12.6. The smallest absolute Gasteiger partial charge is 0.328 e. The first-order valence-electron chi connectivity index (χ1n) is 8.60. The van der Waals surface area contributed by atoms with Gasteiger partial charge in [0.25, 0.3) is 5.91 Å². The predicted molar refractivity (Wildman–Crippen MR) is 99.0 cm³/mol. The normalized spacial score (nSPS) is 14.0. The highest BCUT2D eigenvalue weighted by Crippen LogP contribution is 2.25. The molecular formula is C20H25N2O5+. The number of esters is 1. The van der Waals surface area contributed by atoms with E-state index in [4.69, 9.17) is 4.74 Å². The molecule has 0 aromatic heterocycles. The lowest BCUT2D eigenvalue weighted by atomic mass is 9.93. The molecule has 0 spiro atoms. The van der Waals surface area contributed by atoms with Gasteiger partial charge in [0.05, 0.1) is 7.11 Å². The van der Waals surface area contributed by atoms with Gasteiger partial charge in [-0.2, -0.15) is 0 Å². The maximum Gasteiger partial charge on any atom is 0.328 e. The Kier molecular flexibility index (Phi) is 6.79. The Morgan fingerprint density at radius 2 is 1.78 bits per heavy atom. The molecular weight excluding hydrogens is 348 g/mol. The van der Waals surface area contributed by atoms with Crippen molar-refractivity contribution in [3.05, 3.63) is 59.7 Å². The minimum absolute atomic E-state index is 0.110. The lowest BCUT2D eigenvalue weighted by Gasteiger charge is -2.21. The Morgan fingerprint density at radius 3 is 2.37 bits per heavy atom. The van der Waals surface area contributed by atoms with Crippen LogP contribution in [0.3, 0.4) is 0 Å². The molecule has 0 fully saturated rings. The number of benzene rings is 2. The average Bonchev–Trinajstić information content (AvgIpc) is 2.69. The van der Waals surface area contributed by atoms with Crippen molar-refractivity contribution >= 4 is 11.9 Å². The third-order valence-electron chi connectivity index (χ3n) is 4.55. The monoisotopic (exact) mass is 373 g/mol. The summed E-state index contributed by atoms with van der Waals surface area (Å²) in [4.78, 5) is 24.7. The van der Waals surface area contributed by atoms with Crippen molar-refractivity contribution in [2.45, 2.75) is 31.3 Å². The van der Waals surface area contributed by atoms with Gasteiger partial charge in [-0.3, -0.25) is 4.79 Å². The fourth-order valence-corrected chi connectivity index (χ4v) is 2.76. The summed E-state index contributed by atoms with van der Waals surface area (Å²) in [5, 5.41) is 21.7. The zero-order valence-electron chi connectivity index (χ0n) is 15.4. The van der Waals surface area contributed by atoms with Crippen LogP contribution in [-0.2, 0) is 20.7 Å². The molecule has 144 valence electrons. The van der Waals surface area contributed by atoms with Crippen molar-refractivity contribution in [2.75, 3.05) is 7.11 Å². The number of phenolic OH excluding ortho intramolecular Hbond substituents is 2. The summed E-state index contributed by atoms with van der Waals surface area (Å²) in [6.45, 7) is 1.90. The summed E-state index contributed by atoms with van der Waals surface area (Å²) < 4.78 is 4.78. The Hall–Kier alpha value is -3.06. The minimum Gasteiger partial charge on any atom is -0.504 e. The number of hydrogen-bond donors (Lipinski definition) is 4. The summed E-state index contributed by atoms with van der Waals surface area (Å²) >= 11 is 0. The number of amides is 1. The second-order valence-corrected chi connectivity index (χ2v) is 6.42. The Labute approximate surface area is 157 Å². The van der Waals surface area contributed by atoms with Crippen molar-refractivity contribution < 1.29 is 30.3 Å². The summed E-state index contributed by atoms with van der Waals surface area (Å²) in [5.41, 5.74) is 5.49. The second-order valence-electron chi connectivity index (χ2n) is 6.42. The van der Waals surface area contributed by atoms with Gasteiger partial charge in [0, 0.05) is 12.3 Å². The number of carbonyl (C=O) groups is 2. The van der Waals surface area contributed by atoms with E-state index in [0.29, 0.717) is 5.56 Å². The summed E-state index contributed by atoms with van der Waals surface area (Å²) in [7, 11) is 1.24. The molecule has 1 amide bonds. The quantitative estimate of drug-likeness (QED) is 0.420. The molecule has 0 radical (unpaired) electrons. The first-order chi connectivity index (χ1) is 12.8. The number of nitrogens with one attached hydrogen (secondary N) is 1. The number of rotatable bonds is 7. The van der Waals surface area contributed by atoms with Crippen molar-refractivity contribution in [3.63, 3.8) is 0 Å². The molecule has 2 aromatic rings. The fraction of sp³-hybridized carbons (Fsp3) is 0.300. The molecule has 27 heavy (non-hydrogen) atoms. The molecule has 0 bridgehead atoms. The minimum atomic E-state index is -0.932. The Morgan fingerprint density at radius 1 is 1.11 bits per heavy atom. The van der Waals surface area contributed by atoms with E-state index in [1.807, 2.05) is 37.3 Å². The van der Waals surface area contributed by atoms with E-state index in [1.54, 1.807) is 6.07 Å². The molecule has 0 saturated heterocycles. The van der Waals surface area contributed by atoms with Gasteiger partial charge >= 0.3 is 5.97 Å². The number of carbonyl (C=O) groups excluding carboxylic acids is 2. The third-order valence-corrected chi connectivity index (χ3v) is 4.55. The molecule has 7 heteroatoms. The third kappa shape index (κ3) is 5.21. The van der Waals surface area contributed by atoms with Crippen LogP contribution in [0.1, 0.15) is 24.0 Å². The van der Waals surface area contributed by atoms with Gasteiger partial charge in [-0.25, -0.2) is 4.79 Å². The van der Waals surface area contributed by atoms with Gasteiger partial charge in [0.2, 0.25) is 0 Å². The molecule has 0 heterocycles. The largest absolute Gasteiger partial charge is 0.504 e. The molecule has 0 unspecified atom stereocenters. The summed E-state index contributed by atoms with van der Waals surface area (Å²) in [5.74, 6) is -1.66. The zero-order valence-corrected chi connectivity index (χ0v) is 15.4. The van der Waals surface area contributed by atoms with E-state index >= 15 is 0 Å². The molecule has 2 aromatic carbocycles. The van der Waals surface area contributed by atoms with E-state index in [0.717, 1.165) is 5.56 Å². The summed E-state index contributed by atoms with van der Waals surface area (Å²) in [6.07, 6.45) is 0.110. The van der Waals surface area contributed by atoms with Gasteiger partial charge < -0.3 is 26.0 Å². The molecule has 0 saturated carbocycles. The first kappa shape index (κ1) is 20.3. The number of phenols is 2. The van der Waals surface area contributed by atoms with Crippen LogP contribution in [-0.4, -0.2) is 41.3 Å². The standard InChI is InChI=1S/C20H24N2O5/c1-12(14-6-4-3-5-7-14)18(21)19(25)22-15(20(26)27-2)10-13-8-9-16(23)17(24)11-13/h3-9,11-12,15,18,23-24H,10,21H2,1-2H3,(H,22,25)/p+1/t12-,15-,18-/m0/s1. The van der Waals surface area contributed by atoms with Gasteiger partial charge in [-0.1, -0.05) is 43.3 Å². The van der Waals surface area contributed by atoms with Crippen LogP contribution in [0, 0.1) is 0 Å². The maximum absolute atomic E-state index is 12.6. The highest BCUT2D eigenvalue weighted by atomic mass is 16.5. The van der Waals surface area contributed by atoms with Gasteiger partial charge in [-0.15, -0.1) is 0 Å². The van der Waals surface area contributed by atoms with E-state index in [1.165, 1.54) is 19.2 Å². The van der Waals surface area contributed by atoms with E-state index in [9.17, 15) is 19.8 Å². The number of hydrogen-bond acceptors (Lipinski definition) is 5. The molecule has 0 aliphatic carbocycles. The SMILES string of the molecule is COC(=O)[C@H](Cc1ccc(O)c(O)c1)NC(=O)[C@@H]([NH3+])[C@@H](C)c1ccccc1. The Bertz CT molecular complexity index is 794. The topological polar surface area (TPSA) is 124 Å². The van der Waals surface area contributed by atoms with Crippen molar-refractivity contribution in [2.24, 2.45) is 0 Å². The van der Waals surface area contributed by atoms with Crippen molar-refractivity contribution in [1.82, 2.24) is 5.32 Å². The molecule has 2 rings (SSSR count). The van der Waals surface area contributed by atoms with Crippen molar-refractivity contribution in [3.8, 4) is 11.5 Å². The van der Waals surface area contributed by atoms with Crippen LogP contribution in [0.25, 0.3) is 0 Å². The van der Waals surface area contributed by atoms with Crippen molar-refractivity contribution in [1.29, 1.82) is 0 Å². The van der Waals surface area contributed by atoms with E-state index in [-0.39, 0.29) is 29.7 Å². The van der Waals surface area contributed by atoms with E-state index < -0.39 is 18.1 Å².